The highest BCUT2D eigenvalue weighted by Crippen LogP contribution is 2.20. The van der Waals surface area contributed by atoms with Crippen molar-refractivity contribution < 1.29 is 31.8 Å². The quantitative estimate of drug-likeness (QED) is 0.781. The van der Waals surface area contributed by atoms with Gasteiger partial charge in [0.05, 0.1) is 6.10 Å². The molecule has 1 aliphatic rings. The molecule has 0 N–H and O–H groups in total. The van der Waals surface area contributed by atoms with Crippen LogP contribution in [0.5, 0.6) is 5.75 Å². The number of nitrogens with zero attached hydrogens (tertiary/aromatic N) is 1. The molecule has 0 radical (unpaired) electrons. The number of halogens is 4. The summed E-state index contributed by atoms with van der Waals surface area (Å²) in [5, 5.41) is 0. The highest BCUT2D eigenvalue weighted by molar-refractivity contribution is 5.78. The Bertz CT molecular complexity index is 500. The Balaban J connectivity index is 1.69. The van der Waals surface area contributed by atoms with Crippen molar-refractivity contribution in [3.63, 3.8) is 0 Å². The van der Waals surface area contributed by atoms with Gasteiger partial charge in [0.1, 0.15) is 6.61 Å². The van der Waals surface area contributed by atoms with Gasteiger partial charge in [-0.25, -0.2) is 4.39 Å². The summed E-state index contributed by atoms with van der Waals surface area (Å²) in [4.78, 5) is 13.0. The van der Waals surface area contributed by atoms with Crippen molar-refractivity contribution in [2.24, 2.45) is 0 Å². The Hall–Kier alpha value is -1.83. The van der Waals surface area contributed by atoms with Gasteiger partial charge in [-0.2, -0.15) is 13.2 Å². The standard InChI is InChI=1S/C13H13F4NO3/c14-10-3-1-2-4-11(10)20-7-12(19)18-5-9(6-18)21-8-13(15,16)17/h1-4,9H,5-8H2. The van der Waals surface area contributed by atoms with Crippen LogP contribution in [0.4, 0.5) is 17.6 Å². The highest BCUT2D eigenvalue weighted by atomic mass is 19.4. The summed E-state index contributed by atoms with van der Waals surface area (Å²) >= 11 is 0. The molecule has 0 bridgehead atoms. The Kier molecular flexibility index (Phi) is 4.66. The lowest BCUT2D eigenvalue weighted by molar-refractivity contribution is -0.200. The van der Waals surface area contributed by atoms with Gasteiger partial charge in [-0.1, -0.05) is 12.1 Å². The van der Waals surface area contributed by atoms with Crippen LogP contribution in [0.25, 0.3) is 0 Å². The molecule has 0 spiro atoms. The van der Waals surface area contributed by atoms with Gasteiger partial charge in [0.15, 0.2) is 18.2 Å². The minimum absolute atomic E-state index is 0.0451. The van der Waals surface area contributed by atoms with Crippen molar-refractivity contribution in [3.05, 3.63) is 30.1 Å². The maximum Gasteiger partial charge on any atom is 0.411 e. The molecule has 8 heteroatoms. The minimum Gasteiger partial charge on any atom is -0.481 e. The molecule has 0 aromatic heterocycles. The Morgan fingerprint density at radius 2 is 1.95 bits per heavy atom. The molecular weight excluding hydrogens is 294 g/mol. The van der Waals surface area contributed by atoms with Crippen LogP contribution in [0.15, 0.2) is 24.3 Å². The number of para-hydroxylation sites is 1. The molecule has 4 nitrogen and oxygen atoms in total. The average Bonchev–Trinajstić information content (AvgIpc) is 2.34. The number of carbonyl (C=O) groups is 1. The SMILES string of the molecule is O=C(COc1ccccc1F)N1CC(OCC(F)(F)F)C1. The number of carbonyl (C=O) groups excluding carboxylic acids is 1. The summed E-state index contributed by atoms with van der Waals surface area (Å²) < 4.78 is 58.6. The summed E-state index contributed by atoms with van der Waals surface area (Å²) in [5.41, 5.74) is 0. The number of rotatable bonds is 5. The van der Waals surface area contributed by atoms with Crippen LogP contribution >= 0.6 is 0 Å². The van der Waals surface area contributed by atoms with Gasteiger partial charge in [-0.05, 0) is 12.1 Å². The van der Waals surface area contributed by atoms with Gasteiger partial charge < -0.3 is 14.4 Å². The maximum atomic E-state index is 13.2. The topological polar surface area (TPSA) is 38.8 Å². The van der Waals surface area contributed by atoms with E-state index in [4.69, 9.17) is 4.74 Å². The van der Waals surface area contributed by atoms with E-state index in [9.17, 15) is 22.4 Å². The molecule has 1 aromatic carbocycles. The Labute approximate surface area is 118 Å². The average molecular weight is 307 g/mol. The van der Waals surface area contributed by atoms with Gasteiger partial charge in [0, 0.05) is 13.1 Å². The van der Waals surface area contributed by atoms with E-state index in [-0.39, 0.29) is 25.4 Å². The zero-order chi connectivity index (χ0) is 15.5. The van der Waals surface area contributed by atoms with Crippen molar-refractivity contribution in [3.8, 4) is 5.75 Å². The third-order valence-electron chi connectivity index (χ3n) is 2.87. The fourth-order valence-corrected chi connectivity index (χ4v) is 1.75. The van der Waals surface area contributed by atoms with Crippen LogP contribution in [0.1, 0.15) is 0 Å². The van der Waals surface area contributed by atoms with E-state index >= 15 is 0 Å². The number of ether oxygens (including phenoxy) is 2. The minimum atomic E-state index is -4.38. The third kappa shape index (κ3) is 4.59. The molecule has 0 aliphatic carbocycles. The van der Waals surface area contributed by atoms with E-state index in [0.717, 1.165) is 0 Å². The Morgan fingerprint density at radius 3 is 2.57 bits per heavy atom. The van der Waals surface area contributed by atoms with E-state index < -0.39 is 30.6 Å². The summed E-state index contributed by atoms with van der Waals surface area (Å²) in [6, 6.07) is 5.63. The van der Waals surface area contributed by atoms with E-state index in [1.54, 1.807) is 6.07 Å². The normalized spacial score (nSPS) is 15.7. The fourth-order valence-electron chi connectivity index (χ4n) is 1.75. The number of likely N-dealkylation sites (tertiary alicyclic amines) is 1. The van der Waals surface area contributed by atoms with Crippen molar-refractivity contribution in [2.75, 3.05) is 26.3 Å². The van der Waals surface area contributed by atoms with Gasteiger partial charge in [-0.3, -0.25) is 4.79 Å². The first-order valence-corrected chi connectivity index (χ1v) is 6.18. The smallest absolute Gasteiger partial charge is 0.411 e. The zero-order valence-electron chi connectivity index (χ0n) is 10.9. The van der Waals surface area contributed by atoms with E-state index in [0.29, 0.717) is 0 Å². The second kappa shape index (κ2) is 6.30. The summed E-state index contributed by atoms with van der Waals surface area (Å²) in [6.45, 7) is -1.54. The lowest BCUT2D eigenvalue weighted by Crippen LogP contribution is -2.56. The molecule has 116 valence electrons. The van der Waals surface area contributed by atoms with Gasteiger partial charge in [0.25, 0.3) is 5.91 Å². The van der Waals surface area contributed by atoms with Gasteiger partial charge in [0.2, 0.25) is 0 Å². The lowest BCUT2D eigenvalue weighted by Gasteiger charge is -2.38. The number of hydrogen-bond acceptors (Lipinski definition) is 3. The molecule has 1 fully saturated rings. The predicted molar refractivity (Wildman–Crippen MR) is 64.3 cm³/mol. The highest BCUT2D eigenvalue weighted by Gasteiger charge is 2.35. The molecule has 1 amide bonds. The molecule has 1 saturated heterocycles. The molecular formula is C13H13F4NO3. The number of amides is 1. The number of benzene rings is 1. The summed E-state index contributed by atoms with van der Waals surface area (Å²) in [6.07, 6.45) is -5.00. The van der Waals surface area contributed by atoms with E-state index in [2.05, 4.69) is 4.74 Å². The molecule has 1 heterocycles. The Morgan fingerprint density at radius 1 is 1.29 bits per heavy atom. The van der Waals surface area contributed by atoms with Crippen molar-refractivity contribution >= 4 is 5.91 Å². The molecule has 1 aromatic rings. The maximum absolute atomic E-state index is 13.2. The molecule has 1 aliphatic heterocycles. The van der Waals surface area contributed by atoms with E-state index in [1.807, 2.05) is 0 Å². The molecule has 0 saturated carbocycles. The second-order valence-electron chi connectivity index (χ2n) is 4.57. The predicted octanol–water partition coefficient (Wildman–Crippen LogP) is 1.99. The number of hydrogen-bond donors (Lipinski definition) is 0. The fraction of sp³-hybridized carbons (Fsp3) is 0.462. The monoisotopic (exact) mass is 307 g/mol. The summed E-state index contributed by atoms with van der Waals surface area (Å²) in [7, 11) is 0. The largest absolute Gasteiger partial charge is 0.481 e. The molecule has 0 unspecified atom stereocenters. The van der Waals surface area contributed by atoms with Crippen LogP contribution < -0.4 is 4.74 Å². The first-order valence-electron chi connectivity index (χ1n) is 6.18. The van der Waals surface area contributed by atoms with Crippen LogP contribution in [-0.2, 0) is 9.53 Å². The summed E-state index contributed by atoms with van der Waals surface area (Å²) in [5.74, 6) is -1.05. The van der Waals surface area contributed by atoms with Crippen LogP contribution in [0.2, 0.25) is 0 Å². The third-order valence-corrected chi connectivity index (χ3v) is 2.87. The zero-order valence-corrected chi connectivity index (χ0v) is 10.9. The van der Waals surface area contributed by atoms with Gasteiger partial charge in [-0.15, -0.1) is 0 Å². The molecule has 21 heavy (non-hydrogen) atoms. The van der Waals surface area contributed by atoms with Crippen LogP contribution in [0, 0.1) is 5.82 Å². The van der Waals surface area contributed by atoms with Crippen LogP contribution in [-0.4, -0.2) is 49.4 Å². The van der Waals surface area contributed by atoms with E-state index in [1.165, 1.54) is 23.1 Å². The van der Waals surface area contributed by atoms with Crippen LogP contribution in [0.3, 0.4) is 0 Å². The molecule has 2 rings (SSSR count). The van der Waals surface area contributed by atoms with Crippen molar-refractivity contribution in [1.29, 1.82) is 0 Å². The number of alkyl halides is 3. The first-order chi connectivity index (χ1) is 9.85. The first kappa shape index (κ1) is 15.6. The lowest BCUT2D eigenvalue weighted by atomic mass is 10.1. The second-order valence-corrected chi connectivity index (χ2v) is 4.57. The van der Waals surface area contributed by atoms with Crippen molar-refractivity contribution in [2.45, 2.75) is 12.3 Å². The van der Waals surface area contributed by atoms with Gasteiger partial charge >= 0.3 is 6.18 Å². The van der Waals surface area contributed by atoms with Crippen molar-refractivity contribution in [1.82, 2.24) is 4.90 Å². The molecule has 0 atom stereocenters.